The Morgan fingerprint density at radius 2 is 1.55 bits per heavy atom. The van der Waals surface area contributed by atoms with Gasteiger partial charge in [0.25, 0.3) is 0 Å². The standard InChI is InChI=1S/C17H11F3OS/c18-17(19,20)12-7-9-13(10-8-12)21-15-5-2-1-4-14(15)16-6-3-11-22-16/h1-11H. The first-order valence-electron chi connectivity index (χ1n) is 6.52. The van der Waals surface area contributed by atoms with Crippen LogP contribution in [0.5, 0.6) is 11.5 Å². The molecule has 0 atom stereocenters. The van der Waals surface area contributed by atoms with Crippen molar-refractivity contribution in [2.24, 2.45) is 0 Å². The van der Waals surface area contributed by atoms with Gasteiger partial charge in [-0.25, -0.2) is 0 Å². The Morgan fingerprint density at radius 3 is 2.18 bits per heavy atom. The molecule has 112 valence electrons. The van der Waals surface area contributed by atoms with E-state index in [4.69, 9.17) is 4.74 Å². The van der Waals surface area contributed by atoms with Gasteiger partial charge in [0.1, 0.15) is 11.5 Å². The van der Waals surface area contributed by atoms with E-state index >= 15 is 0 Å². The zero-order valence-electron chi connectivity index (χ0n) is 11.3. The van der Waals surface area contributed by atoms with Crippen molar-refractivity contribution < 1.29 is 17.9 Å². The van der Waals surface area contributed by atoms with Gasteiger partial charge in [-0.3, -0.25) is 0 Å². The fraction of sp³-hybridized carbons (Fsp3) is 0.0588. The van der Waals surface area contributed by atoms with Gasteiger partial charge in [0.15, 0.2) is 0 Å². The van der Waals surface area contributed by atoms with E-state index in [-0.39, 0.29) is 0 Å². The van der Waals surface area contributed by atoms with Crippen LogP contribution in [-0.4, -0.2) is 0 Å². The average Bonchev–Trinajstić information content (AvgIpc) is 3.01. The van der Waals surface area contributed by atoms with E-state index in [2.05, 4.69) is 0 Å². The number of para-hydroxylation sites is 1. The third-order valence-corrected chi connectivity index (χ3v) is 3.99. The fourth-order valence-electron chi connectivity index (χ4n) is 2.03. The minimum absolute atomic E-state index is 0.372. The molecule has 0 spiro atoms. The maximum atomic E-state index is 12.6. The summed E-state index contributed by atoms with van der Waals surface area (Å²) in [6, 6.07) is 16.0. The molecule has 1 heterocycles. The zero-order valence-corrected chi connectivity index (χ0v) is 12.1. The molecule has 0 aliphatic carbocycles. The van der Waals surface area contributed by atoms with Crippen LogP contribution in [0, 0.1) is 0 Å². The summed E-state index contributed by atoms with van der Waals surface area (Å²) in [6.07, 6.45) is -4.34. The smallest absolute Gasteiger partial charge is 0.416 e. The molecule has 3 aromatic rings. The van der Waals surface area contributed by atoms with Crippen molar-refractivity contribution in [3.63, 3.8) is 0 Å². The maximum Gasteiger partial charge on any atom is 0.416 e. The van der Waals surface area contributed by atoms with Gasteiger partial charge in [-0.2, -0.15) is 13.2 Å². The molecule has 0 unspecified atom stereocenters. The topological polar surface area (TPSA) is 9.23 Å². The van der Waals surface area contributed by atoms with Crippen molar-refractivity contribution in [2.45, 2.75) is 6.18 Å². The van der Waals surface area contributed by atoms with Gasteiger partial charge in [-0.05, 0) is 47.8 Å². The summed E-state index contributed by atoms with van der Waals surface area (Å²) in [7, 11) is 0. The summed E-state index contributed by atoms with van der Waals surface area (Å²) in [6.45, 7) is 0. The summed E-state index contributed by atoms with van der Waals surface area (Å²) in [5.74, 6) is 0.988. The van der Waals surface area contributed by atoms with Crippen molar-refractivity contribution in [1.29, 1.82) is 0 Å². The van der Waals surface area contributed by atoms with E-state index in [0.29, 0.717) is 11.5 Å². The maximum absolute atomic E-state index is 12.6. The number of thiophene rings is 1. The largest absolute Gasteiger partial charge is 0.457 e. The van der Waals surface area contributed by atoms with E-state index < -0.39 is 11.7 Å². The second-order valence-corrected chi connectivity index (χ2v) is 5.55. The lowest BCUT2D eigenvalue weighted by molar-refractivity contribution is -0.137. The molecule has 22 heavy (non-hydrogen) atoms. The number of benzene rings is 2. The lowest BCUT2D eigenvalue weighted by atomic mass is 10.1. The predicted molar refractivity (Wildman–Crippen MR) is 81.3 cm³/mol. The number of alkyl halides is 3. The number of ether oxygens (including phenoxy) is 1. The summed E-state index contributed by atoms with van der Waals surface area (Å²) in [5, 5.41) is 1.96. The first-order valence-corrected chi connectivity index (χ1v) is 7.40. The van der Waals surface area contributed by atoms with Crippen molar-refractivity contribution >= 4 is 11.3 Å². The molecule has 5 heteroatoms. The number of halogens is 3. The minimum Gasteiger partial charge on any atom is -0.457 e. The summed E-state index contributed by atoms with van der Waals surface area (Å²) in [5.41, 5.74) is 0.226. The van der Waals surface area contributed by atoms with Crippen molar-refractivity contribution in [3.8, 4) is 21.9 Å². The molecule has 2 aromatic carbocycles. The number of hydrogen-bond donors (Lipinski definition) is 0. The van der Waals surface area contributed by atoms with Crippen LogP contribution in [-0.2, 0) is 6.18 Å². The van der Waals surface area contributed by atoms with Crippen LogP contribution in [0.15, 0.2) is 66.0 Å². The monoisotopic (exact) mass is 320 g/mol. The first kappa shape index (κ1) is 14.7. The van der Waals surface area contributed by atoms with Crippen LogP contribution in [0.1, 0.15) is 5.56 Å². The molecular formula is C17H11F3OS. The van der Waals surface area contributed by atoms with Crippen LogP contribution in [0.25, 0.3) is 10.4 Å². The second-order valence-electron chi connectivity index (χ2n) is 4.60. The third kappa shape index (κ3) is 3.14. The lowest BCUT2D eigenvalue weighted by Crippen LogP contribution is -2.04. The molecule has 1 aromatic heterocycles. The highest BCUT2D eigenvalue weighted by atomic mass is 32.1. The number of hydrogen-bond acceptors (Lipinski definition) is 2. The Kier molecular flexibility index (Phi) is 3.90. The van der Waals surface area contributed by atoms with Gasteiger partial charge in [-0.1, -0.05) is 18.2 Å². The Labute approximate surface area is 129 Å². The Balaban J connectivity index is 1.88. The van der Waals surface area contributed by atoms with E-state index in [1.165, 1.54) is 12.1 Å². The van der Waals surface area contributed by atoms with E-state index in [1.54, 1.807) is 17.4 Å². The first-order chi connectivity index (χ1) is 10.5. The molecule has 0 radical (unpaired) electrons. The van der Waals surface area contributed by atoms with E-state index in [1.807, 2.05) is 35.7 Å². The molecule has 0 bridgehead atoms. The van der Waals surface area contributed by atoms with Gasteiger partial charge in [-0.15, -0.1) is 11.3 Å². The molecule has 0 aliphatic heterocycles. The molecule has 0 saturated carbocycles. The van der Waals surface area contributed by atoms with Crippen molar-refractivity contribution in [3.05, 3.63) is 71.6 Å². The van der Waals surface area contributed by atoms with Crippen molar-refractivity contribution in [1.82, 2.24) is 0 Å². The molecule has 0 N–H and O–H groups in total. The van der Waals surface area contributed by atoms with Gasteiger partial charge in [0.2, 0.25) is 0 Å². The molecule has 0 aliphatic rings. The second kappa shape index (κ2) is 5.85. The normalized spacial score (nSPS) is 11.4. The van der Waals surface area contributed by atoms with Crippen LogP contribution in [0.2, 0.25) is 0 Å². The summed E-state index contributed by atoms with van der Waals surface area (Å²) < 4.78 is 43.4. The van der Waals surface area contributed by atoms with Gasteiger partial charge in [0.05, 0.1) is 5.56 Å². The molecule has 1 nitrogen and oxygen atoms in total. The molecule has 3 rings (SSSR count). The SMILES string of the molecule is FC(F)(F)c1ccc(Oc2ccccc2-c2cccs2)cc1. The highest BCUT2D eigenvalue weighted by molar-refractivity contribution is 7.13. The highest BCUT2D eigenvalue weighted by Gasteiger charge is 2.30. The summed E-state index contributed by atoms with van der Waals surface area (Å²) in [4.78, 5) is 1.04. The predicted octanol–water partition coefficient (Wildman–Crippen LogP) is 6.23. The molecule has 0 fully saturated rings. The quantitative estimate of drug-likeness (QED) is 0.556. The molecule has 0 amide bonds. The van der Waals surface area contributed by atoms with Crippen molar-refractivity contribution in [2.75, 3.05) is 0 Å². The van der Waals surface area contributed by atoms with Crippen LogP contribution >= 0.6 is 11.3 Å². The highest BCUT2D eigenvalue weighted by Crippen LogP contribution is 2.36. The fourth-order valence-corrected chi connectivity index (χ4v) is 2.79. The zero-order chi connectivity index (χ0) is 15.6. The minimum atomic E-state index is -4.34. The lowest BCUT2D eigenvalue weighted by Gasteiger charge is -2.11. The van der Waals surface area contributed by atoms with E-state index in [9.17, 15) is 13.2 Å². The van der Waals surface area contributed by atoms with Crippen LogP contribution in [0.3, 0.4) is 0 Å². The summed E-state index contributed by atoms with van der Waals surface area (Å²) >= 11 is 1.58. The average molecular weight is 320 g/mol. The van der Waals surface area contributed by atoms with Crippen LogP contribution < -0.4 is 4.74 Å². The molecular weight excluding hydrogens is 309 g/mol. The van der Waals surface area contributed by atoms with Gasteiger partial charge >= 0.3 is 6.18 Å². The molecule has 0 saturated heterocycles. The Bertz CT molecular complexity index is 746. The Hall–Kier alpha value is -2.27. The Morgan fingerprint density at radius 1 is 0.818 bits per heavy atom. The van der Waals surface area contributed by atoms with Gasteiger partial charge < -0.3 is 4.74 Å². The van der Waals surface area contributed by atoms with Gasteiger partial charge in [0, 0.05) is 10.4 Å². The third-order valence-electron chi connectivity index (χ3n) is 3.08. The van der Waals surface area contributed by atoms with E-state index in [0.717, 1.165) is 22.6 Å². The van der Waals surface area contributed by atoms with Crippen LogP contribution in [0.4, 0.5) is 13.2 Å². The number of rotatable bonds is 3.